The van der Waals surface area contributed by atoms with Crippen LogP contribution in [0.5, 0.6) is 5.75 Å². The Hall–Kier alpha value is -2.08. The van der Waals surface area contributed by atoms with Gasteiger partial charge in [-0.15, -0.1) is 0 Å². The van der Waals surface area contributed by atoms with Crippen molar-refractivity contribution in [2.75, 3.05) is 6.61 Å². The summed E-state index contributed by atoms with van der Waals surface area (Å²) in [7, 11) is 0. The Morgan fingerprint density at radius 3 is 2.64 bits per heavy atom. The molecular weight excluding hydrogens is 322 g/mol. The number of aliphatic carboxylic acids is 1. The lowest BCUT2D eigenvalue weighted by Gasteiger charge is -2.11. The third-order valence-electron chi connectivity index (χ3n) is 4.23. The fourth-order valence-electron chi connectivity index (χ4n) is 2.80. The standard InChI is InChI=1S/C19H27NO5/c1-14-4-7-17(25-14)10-11-18(21)20-13-15-5-8-16(9-6-15)24-12-2-3-19(22)23/h5-6,8-9,14,17H,2-4,7,10-13H2,1H3,(H,20,21)(H,22,23). The zero-order chi connectivity index (χ0) is 18.1. The van der Waals surface area contributed by atoms with Gasteiger partial charge in [-0.05, 0) is 50.3 Å². The molecule has 0 bridgehead atoms. The molecule has 2 unspecified atom stereocenters. The average molecular weight is 349 g/mol. The maximum atomic E-state index is 11.9. The maximum absolute atomic E-state index is 11.9. The molecule has 1 amide bonds. The molecule has 1 aromatic carbocycles. The van der Waals surface area contributed by atoms with E-state index in [1.165, 1.54) is 0 Å². The van der Waals surface area contributed by atoms with Crippen LogP contribution in [0.4, 0.5) is 0 Å². The molecule has 0 aliphatic carbocycles. The SMILES string of the molecule is CC1CCC(CCC(=O)NCc2ccc(OCCCC(=O)O)cc2)O1. The Morgan fingerprint density at radius 2 is 2.00 bits per heavy atom. The van der Waals surface area contributed by atoms with Gasteiger partial charge in [0, 0.05) is 19.4 Å². The molecular formula is C19H27NO5. The van der Waals surface area contributed by atoms with Crippen molar-refractivity contribution in [2.24, 2.45) is 0 Å². The summed E-state index contributed by atoms with van der Waals surface area (Å²) in [6, 6.07) is 7.45. The van der Waals surface area contributed by atoms with E-state index in [-0.39, 0.29) is 18.4 Å². The number of carboxylic acids is 1. The highest BCUT2D eigenvalue weighted by Gasteiger charge is 2.22. The van der Waals surface area contributed by atoms with E-state index in [1.807, 2.05) is 24.3 Å². The van der Waals surface area contributed by atoms with Crippen molar-refractivity contribution < 1.29 is 24.2 Å². The minimum absolute atomic E-state index is 0.0390. The van der Waals surface area contributed by atoms with Gasteiger partial charge in [-0.3, -0.25) is 9.59 Å². The van der Waals surface area contributed by atoms with Gasteiger partial charge in [0.15, 0.2) is 0 Å². The van der Waals surface area contributed by atoms with E-state index in [1.54, 1.807) is 0 Å². The molecule has 138 valence electrons. The van der Waals surface area contributed by atoms with Crippen molar-refractivity contribution in [2.45, 2.75) is 64.2 Å². The van der Waals surface area contributed by atoms with Gasteiger partial charge in [0.25, 0.3) is 0 Å². The first-order valence-corrected chi connectivity index (χ1v) is 8.88. The lowest BCUT2D eigenvalue weighted by molar-refractivity contribution is -0.137. The van der Waals surface area contributed by atoms with Gasteiger partial charge < -0.3 is 19.9 Å². The van der Waals surface area contributed by atoms with Crippen LogP contribution < -0.4 is 10.1 Å². The molecule has 1 aromatic rings. The second-order valence-electron chi connectivity index (χ2n) is 6.45. The maximum Gasteiger partial charge on any atom is 0.303 e. The molecule has 6 heteroatoms. The van der Waals surface area contributed by atoms with Crippen molar-refractivity contribution in [3.05, 3.63) is 29.8 Å². The van der Waals surface area contributed by atoms with E-state index in [9.17, 15) is 9.59 Å². The van der Waals surface area contributed by atoms with Gasteiger partial charge in [-0.25, -0.2) is 0 Å². The van der Waals surface area contributed by atoms with Crippen molar-refractivity contribution in [3.8, 4) is 5.75 Å². The minimum Gasteiger partial charge on any atom is -0.494 e. The Kier molecular flexibility index (Phi) is 7.73. The first-order chi connectivity index (χ1) is 12.0. The molecule has 2 N–H and O–H groups in total. The van der Waals surface area contributed by atoms with Gasteiger partial charge in [-0.1, -0.05) is 12.1 Å². The fourth-order valence-corrected chi connectivity index (χ4v) is 2.80. The molecule has 25 heavy (non-hydrogen) atoms. The number of nitrogens with one attached hydrogen (secondary N) is 1. The van der Waals surface area contributed by atoms with Crippen molar-refractivity contribution in [1.82, 2.24) is 5.32 Å². The Labute approximate surface area is 148 Å². The summed E-state index contributed by atoms with van der Waals surface area (Å²) >= 11 is 0. The molecule has 2 atom stereocenters. The lowest BCUT2D eigenvalue weighted by Crippen LogP contribution is -2.24. The zero-order valence-corrected chi connectivity index (χ0v) is 14.7. The van der Waals surface area contributed by atoms with Gasteiger partial charge in [0.2, 0.25) is 5.91 Å². The van der Waals surface area contributed by atoms with E-state index in [0.29, 0.717) is 37.8 Å². The highest BCUT2D eigenvalue weighted by molar-refractivity contribution is 5.75. The number of hydrogen-bond donors (Lipinski definition) is 2. The fraction of sp³-hybridized carbons (Fsp3) is 0.579. The highest BCUT2D eigenvalue weighted by atomic mass is 16.5. The summed E-state index contributed by atoms with van der Waals surface area (Å²) in [6.07, 6.45) is 4.52. The number of carbonyl (C=O) groups excluding carboxylic acids is 1. The third-order valence-corrected chi connectivity index (χ3v) is 4.23. The van der Waals surface area contributed by atoms with E-state index in [4.69, 9.17) is 14.6 Å². The summed E-state index contributed by atoms with van der Waals surface area (Å²) in [6.45, 7) is 2.93. The predicted molar refractivity (Wildman–Crippen MR) is 93.5 cm³/mol. The summed E-state index contributed by atoms with van der Waals surface area (Å²) in [5.41, 5.74) is 0.997. The van der Waals surface area contributed by atoms with E-state index in [0.717, 1.165) is 24.8 Å². The van der Waals surface area contributed by atoms with Gasteiger partial charge in [-0.2, -0.15) is 0 Å². The van der Waals surface area contributed by atoms with Crippen LogP contribution in [0.25, 0.3) is 0 Å². The second-order valence-corrected chi connectivity index (χ2v) is 6.45. The number of amides is 1. The largest absolute Gasteiger partial charge is 0.494 e. The van der Waals surface area contributed by atoms with Crippen LogP contribution in [-0.2, 0) is 20.9 Å². The number of hydrogen-bond acceptors (Lipinski definition) is 4. The lowest BCUT2D eigenvalue weighted by atomic mass is 10.1. The van der Waals surface area contributed by atoms with Crippen LogP contribution in [0.15, 0.2) is 24.3 Å². The van der Waals surface area contributed by atoms with Crippen LogP contribution >= 0.6 is 0 Å². The van der Waals surface area contributed by atoms with Crippen LogP contribution in [0.3, 0.4) is 0 Å². The van der Waals surface area contributed by atoms with Crippen LogP contribution in [0.1, 0.15) is 51.0 Å². The molecule has 0 aromatic heterocycles. The molecule has 0 spiro atoms. The summed E-state index contributed by atoms with van der Waals surface area (Å²) in [5, 5.41) is 11.5. The Morgan fingerprint density at radius 1 is 1.24 bits per heavy atom. The molecule has 1 heterocycles. The Balaban J connectivity index is 1.61. The topological polar surface area (TPSA) is 84.9 Å². The summed E-state index contributed by atoms with van der Waals surface area (Å²) in [4.78, 5) is 22.3. The number of rotatable bonds is 10. The van der Waals surface area contributed by atoms with Crippen LogP contribution in [-0.4, -0.2) is 35.8 Å². The van der Waals surface area contributed by atoms with Gasteiger partial charge >= 0.3 is 5.97 Å². The zero-order valence-electron chi connectivity index (χ0n) is 14.7. The number of ether oxygens (including phenoxy) is 2. The summed E-state index contributed by atoms with van der Waals surface area (Å²) in [5.74, 6) is -0.0752. The predicted octanol–water partition coefficient (Wildman–Crippen LogP) is 2.89. The summed E-state index contributed by atoms with van der Waals surface area (Å²) < 4.78 is 11.2. The van der Waals surface area contributed by atoms with E-state index in [2.05, 4.69) is 12.2 Å². The number of carbonyl (C=O) groups is 2. The smallest absolute Gasteiger partial charge is 0.303 e. The van der Waals surface area contributed by atoms with Crippen molar-refractivity contribution >= 4 is 11.9 Å². The highest BCUT2D eigenvalue weighted by Crippen LogP contribution is 2.22. The molecule has 2 rings (SSSR count). The number of benzene rings is 1. The van der Waals surface area contributed by atoms with Crippen LogP contribution in [0.2, 0.25) is 0 Å². The number of carboxylic acid groups (broad SMARTS) is 1. The van der Waals surface area contributed by atoms with Crippen molar-refractivity contribution in [3.63, 3.8) is 0 Å². The van der Waals surface area contributed by atoms with E-state index < -0.39 is 5.97 Å². The molecule has 1 saturated heterocycles. The quantitative estimate of drug-likeness (QED) is 0.635. The van der Waals surface area contributed by atoms with Gasteiger partial charge in [0.05, 0.1) is 18.8 Å². The van der Waals surface area contributed by atoms with E-state index >= 15 is 0 Å². The second kappa shape index (κ2) is 10.0. The van der Waals surface area contributed by atoms with Crippen LogP contribution in [0, 0.1) is 0 Å². The molecule has 1 fully saturated rings. The molecule has 6 nitrogen and oxygen atoms in total. The normalized spacial score (nSPS) is 19.6. The Bertz CT molecular complexity index is 557. The first-order valence-electron chi connectivity index (χ1n) is 8.88. The average Bonchev–Trinajstić information content (AvgIpc) is 3.01. The minimum atomic E-state index is -0.816. The molecule has 0 radical (unpaired) electrons. The molecule has 0 saturated carbocycles. The first kappa shape index (κ1) is 19.2. The van der Waals surface area contributed by atoms with Gasteiger partial charge in [0.1, 0.15) is 5.75 Å². The monoisotopic (exact) mass is 349 g/mol. The third kappa shape index (κ3) is 7.56. The molecule has 1 aliphatic heterocycles. The van der Waals surface area contributed by atoms with Crippen molar-refractivity contribution in [1.29, 1.82) is 0 Å². The molecule has 1 aliphatic rings.